The SMILES string of the molecule is CCc1ccc(CC)c(C(NC)C2CCCO2)c1. The van der Waals surface area contributed by atoms with Crippen LogP contribution in [0.2, 0.25) is 0 Å². The van der Waals surface area contributed by atoms with E-state index in [1.807, 2.05) is 7.05 Å². The summed E-state index contributed by atoms with van der Waals surface area (Å²) in [4.78, 5) is 0. The summed E-state index contributed by atoms with van der Waals surface area (Å²) in [6, 6.07) is 7.24. The van der Waals surface area contributed by atoms with E-state index >= 15 is 0 Å². The molecule has 1 aromatic rings. The van der Waals surface area contributed by atoms with Crippen molar-refractivity contribution in [3.63, 3.8) is 0 Å². The molecule has 0 bridgehead atoms. The van der Waals surface area contributed by atoms with E-state index in [1.165, 1.54) is 29.5 Å². The van der Waals surface area contributed by atoms with Gasteiger partial charge in [0.15, 0.2) is 0 Å². The van der Waals surface area contributed by atoms with Crippen molar-refractivity contribution in [3.8, 4) is 0 Å². The van der Waals surface area contributed by atoms with Crippen molar-refractivity contribution in [2.75, 3.05) is 13.7 Å². The summed E-state index contributed by atoms with van der Waals surface area (Å²) in [7, 11) is 2.05. The molecule has 0 amide bonds. The van der Waals surface area contributed by atoms with E-state index < -0.39 is 0 Å². The Morgan fingerprint density at radius 2 is 2.17 bits per heavy atom. The molecule has 2 rings (SSSR count). The summed E-state index contributed by atoms with van der Waals surface area (Å²) in [5, 5.41) is 3.46. The Balaban J connectivity index is 2.32. The number of rotatable bonds is 5. The lowest BCUT2D eigenvalue weighted by molar-refractivity contribution is 0.0805. The van der Waals surface area contributed by atoms with Crippen LogP contribution in [0.3, 0.4) is 0 Å². The summed E-state index contributed by atoms with van der Waals surface area (Å²) >= 11 is 0. The van der Waals surface area contributed by atoms with Crippen LogP contribution in [-0.2, 0) is 17.6 Å². The molecular formula is C16H25NO. The first-order chi connectivity index (χ1) is 8.80. The van der Waals surface area contributed by atoms with Crippen LogP contribution in [-0.4, -0.2) is 19.8 Å². The Morgan fingerprint density at radius 1 is 1.33 bits per heavy atom. The zero-order valence-corrected chi connectivity index (χ0v) is 11.8. The first-order valence-corrected chi connectivity index (χ1v) is 7.20. The van der Waals surface area contributed by atoms with Crippen LogP contribution in [0.5, 0.6) is 0 Å². The Morgan fingerprint density at radius 3 is 2.72 bits per heavy atom. The van der Waals surface area contributed by atoms with Gasteiger partial charge in [-0.3, -0.25) is 0 Å². The molecule has 1 N–H and O–H groups in total. The molecule has 0 aromatic heterocycles. The largest absolute Gasteiger partial charge is 0.376 e. The fourth-order valence-electron chi connectivity index (χ4n) is 2.88. The summed E-state index contributed by atoms with van der Waals surface area (Å²) < 4.78 is 5.87. The molecule has 2 atom stereocenters. The Bertz CT molecular complexity index is 383. The van der Waals surface area contributed by atoms with Gasteiger partial charge < -0.3 is 10.1 Å². The number of aryl methyl sites for hydroxylation is 2. The van der Waals surface area contributed by atoms with E-state index in [0.29, 0.717) is 12.1 Å². The Labute approximate surface area is 111 Å². The quantitative estimate of drug-likeness (QED) is 0.862. The van der Waals surface area contributed by atoms with E-state index in [9.17, 15) is 0 Å². The van der Waals surface area contributed by atoms with Gasteiger partial charge in [-0.2, -0.15) is 0 Å². The maximum absolute atomic E-state index is 5.87. The molecular weight excluding hydrogens is 222 g/mol. The molecule has 1 saturated heterocycles. The molecule has 1 fully saturated rings. The predicted molar refractivity (Wildman–Crippen MR) is 76.0 cm³/mol. The van der Waals surface area contributed by atoms with Gasteiger partial charge in [-0.05, 0) is 49.4 Å². The molecule has 2 unspecified atom stereocenters. The molecule has 1 aliphatic rings. The lowest BCUT2D eigenvalue weighted by Gasteiger charge is -2.25. The van der Waals surface area contributed by atoms with Crippen molar-refractivity contribution in [1.29, 1.82) is 0 Å². The first kappa shape index (κ1) is 13.6. The van der Waals surface area contributed by atoms with Crippen LogP contribution in [0.1, 0.15) is 49.4 Å². The van der Waals surface area contributed by atoms with Gasteiger partial charge in [-0.25, -0.2) is 0 Å². The smallest absolute Gasteiger partial charge is 0.0770 e. The number of hydrogen-bond acceptors (Lipinski definition) is 2. The number of likely N-dealkylation sites (N-methyl/N-ethyl adjacent to an activating group) is 1. The number of nitrogens with one attached hydrogen (secondary N) is 1. The molecule has 100 valence electrons. The van der Waals surface area contributed by atoms with Gasteiger partial charge in [0, 0.05) is 6.61 Å². The summed E-state index contributed by atoms with van der Waals surface area (Å²) in [6.07, 6.45) is 4.89. The standard InChI is InChI=1S/C16H25NO/c1-4-12-8-9-13(5-2)14(11-12)16(17-3)15-7-6-10-18-15/h8-9,11,15-17H,4-7,10H2,1-3H3. The van der Waals surface area contributed by atoms with Crippen LogP contribution in [0.25, 0.3) is 0 Å². The maximum Gasteiger partial charge on any atom is 0.0770 e. The highest BCUT2D eigenvalue weighted by Gasteiger charge is 2.27. The zero-order valence-electron chi connectivity index (χ0n) is 11.8. The molecule has 1 aromatic carbocycles. The molecule has 0 aliphatic carbocycles. The first-order valence-electron chi connectivity index (χ1n) is 7.20. The van der Waals surface area contributed by atoms with Gasteiger partial charge in [-0.15, -0.1) is 0 Å². The van der Waals surface area contributed by atoms with Crippen LogP contribution < -0.4 is 5.32 Å². The number of benzene rings is 1. The van der Waals surface area contributed by atoms with E-state index in [2.05, 4.69) is 37.4 Å². The monoisotopic (exact) mass is 247 g/mol. The normalized spacial score (nSPS) is 21.2. The van der Waals surface area contributed by atoms with Crippen molar-refractivity contribution in [1.82, 2.24) is 5.32 Å². The van der Waals surface area contributed by atoms with E-state index in [-0.39, 0.29) is 0 Å². The van der Waals surface area contributed by atoms with E-state index in [4.69, 9.17) is 4.74 Å². The highest BCUT2D eigenvalue weighted by atomic mass is 16.5. The molecule has 1 heterocycles. The molecule has 0 spiro atoms. The minimum Gasteiger partial charge on any atom is -0.376 e. The lowest BCUT2D eigenvalue weighted by atomic mass is 9.91. The highest BCUT2D eigenvalue weighted by Crippen LogP contribution is 2.29. The molecule has 2 nitrogen and oxygen atoms in total. The fourth-order valence-corrected chi connectivity index (χ4v) is 2.88. The third kappa shape index (κ3) is 2.76. The average molecular weight is 247 g/mol. The van der Waals surface area contributed by atoms with Gasteiger partial charge in [0.05, 0.1) is 12.1 Å². The minimum absolute atomic E-state index is 0.340. The van der Waals surface area contributed by atoms with Crippen LogP contribution in [0, 0.1) is 0 Å². The van der Waals surface area contributed by atoms with Gasteiger partial charge >= 0.3 is 0 Å². The van der Waals surface area contributed by atoms with Gasteiger partial charge in [0.2, 0.25) is 0 Å². The van der Waals surface area contributed by atoms with Crippen LogP contribution in [0.4, 0.5) is 0 Å². The molecule has 1 aliphatic heterocycles. The molecule has 18 heavy (non-hydrogen) atoms. The maximum atomic E-state index is 5.87. The minimum atomic E-state index is 0.340. The van der Waals surface area contributed by atoms with Crippen molar-refractivity contribution in [3.05, 3.63) is 34.9 Å². The van der Waals surface area contributed by atoms with Crippen LogP contribution in [0.15, 0.2) is 18.2 Å². The van der Waals surface area contributed by atoms with Crippen molar-refractivity contribution in [2.45, 2.75) is 51.7 Å². The highest BCUT2D eigenvalue weighted by molar-refractivity contribution is 5.35. The number of hydrogen-bond donors (Lipinski definition) is 1. The number of ether oxygens (including phenoxy) is 1. The average Bonchev–Trinajstić information content (AvgIpc) is 2.93. The summed E-state index contributed by atoms with van der Waals surface area (Å²) in [5.74, 6) is 0. The topological polar surface area (TPSA) is 21.3 Å². The van der Waals surface area contributed by atoms with Crippen molar-refractivity contribution < 1.29 is 4.74 Å². The van der Waals surface area contributed by atoms with Gasteiger partial charge in [-0.1, -0.05) is 32.0 Å². The van der Waals surface area contributed by atoms with E-state index in [1.54, 1.807) is 0 Å². The zero-order chi connectivity index (χ0) is 13.0. The van der Waals surface area contributed by atoms with E-state index in [0.717, 1.165) is 19.4 Å². The summed E-state index contributed by atoms with van der Waals surface area (Å²) in [6.45, 7) is 5.36. The van der Waals surface area contributed by atoms with Gasteiger partial charge in [0.1, 0.15) is 0 Å². The lowest BCUT2D eigenvalue weighted by Crippen LogP contribution is -2.30. The van der Waals surface area contributed by atoms with Crippen LogP contribution >= 0.6 is 0 Å². The second-order valence-corrected chi connectivity index (χ2v) is 5.06. The molecule has 0 saturated carbocycles. The third-order valence-electron chi connectivity index (χ3n) is 3.98. The fraction of sp³-hybridized carbons (Fsp3) is 0.625. The molecule has 0 radical (unpaired) electrons. The summed E-state index contributed by atoms with van der Waals surface area (Å²) in [5.41, 5.74) is 4.30. The second kappa shape index (κ2) is 6.35. The van der Waals surface area contributed by atoms with Crippen molar-refractivity contribution >= 4 is 0 Å². The van der Waals surface area contributed by atoms with Crippen molar-refractivity contribution in [2.24, 2.45) is 0 Å². The molecule has 2 heteroatoms. The predicted octanol–water partition coefficient (Wildman–Crippen LogP) is 3.25. The Hall–Kier alpha value is -0.860. The van der Waals surface area contributed by atoms with Gasteiger partial charge in [0.25, 0.3) is 0 Å². The Kier molecular flexibility index (Phi) is 4.79. The second-order valence-electron chi connectivity index (χ2n) is 5.06. The third-order valence-corrected chi connectivity index (χ3v) is 3.98.